The third kappa shape index (κ3) is 2.85. The molecule has 0 saturated heterocycles. The van der Waals surface area contributed by atoms with Crippen LogP contribution in [-0.2, 0) is 16.6 Å². The molecule has 0 atom stereocenters. The molecule has 1 aliphatic rings. The molecule has 0 fully saturated rings. The Labute approximate surface area is 140 Å². The predicted molar refractivity (Wildman–Crippen MR) is 90.5 cm³/mol. The van der Waals surface area contributed by atoms with Crippen LogP contribution in [0.4, 0.5) is 11.4 Å². The van der Waals surface area contributed by atoms with Crippen molar-refractivity contribution in [2.45, 2.75) is 18.4 Å². The molecule has 2 aromatic rings. The maximum Gasteiger partial charge on any atom is 0.273 e. The summed E-state index contributed by atoms with van der Waals surface area (Å²) in [6, 6.07) is 11.3. The Hall–Kier alpha value is -2.45. The Kier molecular flexibility index (Phi) is 4.25. The number of para-hydroxylation sites is 1. The lowest BCUT2D eigenvalue weighted by molar-refractivity contribution is -0.385. The van der Waals surface area contributed by atoms with Crippen LogP contribution in [0, 0.1) is 17.0 Å². The molecule has 0 bridgehead atoms. The standard InChI is InChI=1S/C16H17N3O4S/c1-12-6-7-14(10-16(12)19(20)21)24(22,23)18-9-8-17-11-13-4-2-3-5-15(13)18/h2-7,10,17H,8-9,11H2,1H3. The molecule has 7 nitrogen and oxygen atoms in total. The Bertz CT molecular complexity index is 896. The molecule has 0 aliphatic carbocycles. The van der Waals surface area contributed by atoms with Gasteiger partial charge in [0.2, 0.25) is 0 Å². The van der Waals surface area contributed by atoms with Gasteiger partial charge in [0.1, 0.15) is 0 Å². The van der Waals surface area contributed by atoms with Crippen molar-refractivity contribution in [1.82, 2.24) is 5.32 Å². The lowest BCUT2D eigenvalue weighted by Crippen LogP contribution is -2.34. The van der Waals surface area contributed by atoms with Crippen molar-refractivity contribution in [3.05, 3.63) is 63.7 Å². The van der Waals surface area contributed by atoms with Crippen LogP contribution in [0.3, 0.4) is 0 Å². The molecule has 126 valence electrons. The number of fused-ring (bicyclic) bond motifs is 1. The smallest absolute Gasteiger partial charge is 0.273 e. The third-order valence-corrected chi connectivity index (χ3v) is 5.84. The van der Waals surface area contributed by atoms with Gasteiger partial charge in [-0.15, -0.1) is 0 Å². The van der Waals surface area contributed by atoms with Crippen LogP contribution < -0.4 is 9.62 Å². The molecule has 0 saturated carbocycles. The van der Waals surface area contributed by atoms with E-state index in [1.807, 2.05) is 12.1 Å². The summed E-state index contributed by atoms with van der Waals surface area (Å²) in [6.07, 6.45) is 0. The van der Waals surface area contributed by atoms with Gasteiger partial charge >= 0.3 is 0 Å². The Morgan fingerprint density at radius 3 is 2.71 bits per heavy atom. The number of nitrogens with one attached hydrogen (secondary N) is 1. The van der Waals surface area contributed by atoms with Crippen LogP contribution in [0.25, 0.3) is 0 Å². The summed E-state index contributed by atoms with van der Waals surface area (Å²) in [5.41, 5.74) is 1.71. The van der Waals surface area contributed by atoms with Crippen molar-refractivity contribution in [2.24, 2.45) is 0 Å². The van der Waals surface area contributed by atoms with Gasteiger partial charge in [-0.25, -0.2) is 8.42 Å². The maximum atomic E-state index is 13.1. The van der Waals surface area contributed by atoms with E-state index < -0.39 is 14.9 Å². The highest BCUT2D eigenvalue weighted by atomic mass is 32.2. The second-order valence-corrected chi connectivity index (χ2v) is 7.45. The molecule has 1 aliphatic heterocycles. The molecule has 3 rings (SSSR count). The first kappa shape index (κ1) is 16.4. The first-order valence-corrected chi connectivity index (χ1v) is 8.91. The lowest BCUT2D eigenvalue weighted by atomic mass is 10.2. The van der Waals surface area contributed by atoms with Crippen LogP contribution in [-0.4, -0.2) is 26.4 Å². The summed E-state index contributed by atoms with van der Waals surface area (Å²) >= 11 is 0. The summed E-state index contributed by atoms with van der Waals surface area (Å²) in [4.78, 5) is 10.5. The van der Waals surface area contributed by atoms with Crippen LogP contribution in [0.5, 0.6) is 0 Å². The minimum Gasteiger partial charge on any atom is -0.311 e. The van der Waals surface area contributed by atoms with Crippen molar-refractivity contribution in [1.29, 1.82) is 0 Å². The maximum absolute atomic E-state index is 13.1. The number of nitro groups is 1. The zero-order valence-corrected chi connectivity index (χ0v) is 13.9. The number of anilines is 1. The molecular weight excluding hydrogens is 330 g/mol. The molecule has 0 radical (unpaired) electrons. The molecule has 0 spiro atoms. The van der Waals surface area contributed by atoms with E-state index in [1.165, 1.54) is 16.4 Å². The lowest BCUT2D eigenvalue weighted by Gasteiger charge is -2.24. The summed E-state index contributed by atoms with van der Waals surface area (Å²) in [5, 5.41) is 14.3. The zero-order valence-electron chi connectivity index (χ0n) is 13.1. The zero-order chi connectivity index (χ0) is 17.3. The number of nitro benzene ring substituents is 1. The molecule has 1 heterocycles. The second kappa shape index (κ2) is 6.21. The van der Waals surface area contributed by atoms with Crippen molar-refractivity contribution < 1.29 is 13.3 Å². The van der Waals surface area contributed by atoms with E-state index >= 15 is 0 Å². The minimum atomic E-state index is -3.88. The van der Waals surface area contributed by atoms with E-state index in [0.717, 1.165) is 11.6 Å². The van der Waals surface area contributed by atoms with Crippen molar-refractivity contribution in [3.8, 4) is 0 Å². The summed E-state index contributed by atoms with van der Waals surface area (Å²) in [6.45, 7) is 2.93. The number of hydrogen-bond acceptors (Lipinski definition) is 5. The molecule has 1 N–H and O–H groups in total. The average Bonchev–Trinajstić information content (AvgIpc) is 2.77. The number of rotatable bonds is 3. The number of nitrogens with zero attached hydrogens (tertiary/aromatic N) is 2. The minimum absolute atomic E-state index is 0.0727. The van der Waals surface area contributed by atoms with E-state index in [-0.39, 0.29) is 17.1 Å². The first-order chi connectivity index (χ1) is 11.4. The quantitative estimate of drug-likeness (QED) is 0.679. The van der Waals surface area contributed by atoms with Crippen LogP contribution >= 0.6 is 0 Å². The van der Waals surface area contributed by atoms with E-state index in [0.29, 0.717) is 24.3 Å². The summed E-state index contributed by atoms with van der Waals surface area (Å²) < 4.78 is 27.4. The van der Waals surface area contributed by atoms with Gasteiger partial charge in [0.05, 0.1) is 15.5 Å². The van der Waals surface area contributed by atoms with E-state index in [1.54, 1.807) is 19.1 Å². The predicted octanol–water partition coefficient (Wildman–Crippen LogP) is 2.20. The van der Waals surface area contributed by atoms with Gasteiger partial charge in [0.15, 0.2) is 0 Å². The highest BCUT2D eigenvalue weighted by molar-refractivity contribution is 7.92. The highest BCUT2D eigenvalue weighted by Crippen LogP contribution is 2.30. The van der Waals surface area contributed by atoms with E-state index in [9.17, 15) is 18.5 Å². The summed E-state index contributed by atoms with van der Waals surface area (Å²) in [5.74, 6) is 0. The molecule has 0 amide bonds. The van der Waals surface area contributed by atoms with Crippen molar-refractivity contribution in [2.75, 3.05) is 17.4 Å². The topological polar surface area (TPSA) is 92.6 Å². The molecule has 24 heavy (non-hydrogen) atoms. The Morgan fingerprint density at radius 2 is 1.96 bits per heavy atom. The Balaban J connectivity index is 2.11. The monoisotopic (exact) mass is 347 g/mol. The highest BCUT2D eigenvalue weighted by Gasteiger charge is 2.29. The fourth-order valence-electron chi connectivity index (χ4n) is 2.75. The van der Waals surface area contributed by atoms with Gasteiger partial charge in [-0.05, 0) is 24.6 Å². The normalized spacial score (nSPS) is 14.8. The third-order valence-electron chi connectivity index (χ3n) is 4.03. The molecular formula is C16H17N3O4S. The molecule has 0 aromatic heterocycles. The van der Waals surface area contributed by atoms with E-state index in [2.05, 4.69) is 5.32 Å². The Morgan fingerprint density at radius 1 is 1.21 bits per heavy atom. The number of aryl methyl sites for hydroxylation is 1. The molecule has 8 heteroatoms. The largest absolute Gasteiger partial charge is 0.311 e. The first-order valence-electron chi connectivity index (χ1n) is 7.47. The van der Waals surface area contributed by atoms with Gasteiger partial charge in [-0.3, -0.25) is 14.4 Å². The van der Waals surface area contributed by atoms with Gasteiger partial charge in [0.25, 0.3) is 15.7 Å². The SMILES string of the molecule is Cc1ccc(S(=O)(=O)N2CCNCc3ccccc32)cc1[N+](=O)[O-]. The van der Waals surface area contributed by atoms with Crippen LogP contribution in [0.1, 0.15) is 11.1 Å². The fourth-order valence-corrected chi connectivity index (χ4v) is 4.27. The average molecular weight is 347 g/mol. The van der Waals surface area contributed by atoms with Gasteiger partial charge < -0.3 is 5.32 Å². The second-order valence-electron chi connectivity index (χ2n) is 5.59. The fraction of sp³-hybridized carbons (Fsp3) is 0.250. The van der Waals surface area contributed by atoms with Crippen LogP contribution in [0.15, 0.2) is 47.4 Å². The van der Waals surface area contributed by atoms with Gasteiger partial charge in [0, 0.05) is 31.3 Å². The van der Waals surface area contributed by atoms with Gasteiger partial charge in [-0.2, -0.15) is 0 Å². The van der Waals surface area contributed by atoms with Crippen molar-refractivity contribution >= 4 is 21.4 Å². The molecule has 0 unspecified atom stereocenters. The summed E-state index contributed by atoms with van der Waals surface area (Å²) in [7, 11) is -3.88. The number of sulfonamides is 1. The number of benzene rings is 2. The number of hydrogen-bond donors (Lipinski definition) is 1. The molecule has 2 aromatic carbocycles. The van der Waals surface area contributed by atoms with Crippen LogP contribution in [0.2, 0.25) is 0 Å². The van der Waals surface area contributed by atoms with Gasteiger partial charge in [-0.1, -0.05) is 24.3 Å². The van der Waals surface area contributed by atoms with E-state index in [4.69, 9.17) is 0 Å². The van der Waals surface area contributed by atoms with Crippen molar-refractivity contribution in [3.63, 3.8) is 0 Å².